The van der Waals surface area contributed by atoms with Gasteiger partial charge in [-0.05, 0) is 31.6 Å². The average molecular weight is 211 g/mol. The van der Waals surface area contributed by atoms with E-state index in [1.807, 2.05) is 0 Å². The lowest BCUT2D eigenvalue weighted by molar-refractivity contribution is -0.685. The van der Waals surface area contributed by atoms with Crippen molar-refractivity contribution in [3.8, 4) is 0 Å². The van der Waals surface area contributed by atoms with Crippen molar-refractivity contribution < 1.29 is 10.1 Å². The Balaban J connectivity index is 1.84. The van der Waals surface area contributed by atoms with Crippen LogP contribution in [0.4, 0.5) is 0 Å². The molecule has 3 heteroatoms. The van der Waals surface area contributed by atoms with E-state index >= 15 is 0 Å². The summed E-state index contributed by atoms with van der Waals surface area (Å²) in [5, 5.41) is 2.24. The Bertz CT molecular complexity index is 216. The standard InChI is InChI=1S/C12H22N2O/c1-10-5-8-14(9-6-10)12(15)11-4-2-3-7-13-11/h10-11,13H,2-9H2,1H3/p+1/t11-/m0/s1. The van der Waals surface area contributed by atoms with E-state index in [0.717, 1.165) is 32.0 Å². The van der Waals surface area contributed by atoms with Gasteiger partial charge in [-0.25, -0.2) is 0 Å². The zero-order valence-corrected chi connectivity index (χ0v) is 9.74. The van der Waals surface area contributed by atoms with Crippen molar-refractivity contribution in [2.75, 3.05) is 19.6 Å². The molecule has 0 aromatic heterocycles. The third-order valence-corrected chi connectivity index (χ3v) is 3.83. The number of carbonyl (C=O) groups is 1. The van der Waals surface area contributed by atoms with E-state index in [4.69, 9.17) is 0 Å². The molecular weight excluding hydrogens is 188 g/mol. The molecule has 15 heavy (non-hydrogen) atoms. The molecule has 2 heterocycles. The highest BCUT2D eigenvalue weighted by molar-refractivity contribution is 5.80. The van der Waals surface area contributed by atoms with Crippen molar-refractivity contribution in [1.82, 2.24) is 4.90 Å². The second kappa shape index (κ2) is 4.97. The third-order valence-electron chi connectivity index (χ3n) is 3.83. The van der Waals surface area contributed by atoms with Crippen molar-refractivity contribution in [2.45, 2.75) is 45.1 Å². The average Bonchev–Trinajstić information content (AvgIpc) is 2.30. The molecule has 2 aliphatic heterocycles. The van der Waals surface area contributed by atoms with Gasteiger partial charge in [0, 0.05) is 19.5 Å². The maximum atomic E-state index is 12.2. The number of piperidine rings is 2. The van der Waals surface area contributed by atoms with Gasteiger partial charge in [0.15, 0.2) is 6.04 Å². The summed E-state index contributed by atoms with van der Waals surface area (Å²) in [7, 11) is 0. The predicted octanol–water partition coefficient (Wildman–Crippen LogP) is 0.361. The fourth-order valence-corrected chi connectivity index (χ4v) is 2.63. The van der Waals surface area contributed by atoms with Gasteiger partial charge in [-0.3, -0.25) is 4.79 Å². The van der Waals surface area contributed by atoms with Crippen molar-refractivity contribution in [3.63, 3.8) is 0 Å². The van der Waals surface area contributed by atoms with Gasteiger partial charge < -0.3 is 10.2 Å². The number of amides is 1. The Morgan fingerprint density at radius 3 is 2.53 bits per heavy atom. The molecule has 2 aliphatic rings. The van der Waals surface area contributed by atoms with Crippen LogP contribution in [0.25, 0.3) is 0 Å². The summed E-state index contributed by atoms with van der Waals surface area (Å²) >= 11 is 0. The van der Waals surface area contributed by atoms with E-state index in [2.05, 4.69) is 17.1 Å². The molecule has 0 bridgehead atoms. The Morgan fingerprint density at radius 1 is 1.20 bits per heavy atom. The zero-order chi connectivity index (χ0) is 10.7. The van der Waals surface area contributed by atoms with E-state index in [1.165, 1.54) is 25.7 Å². The van der Waals surface area contributed by atoms with Crippen LogP contribution in [-0.2, 0) is 4.79 Å². The van der Waals surface area contributed by atoms with Gasteiger partial charge >= 0.3 is 0 Å². The summed E-state index contributed by atoms with van der Waals surface area (Å²) in [6.07, 6.45) is 5.99. The zero-order valence-electron chi connectivity index (χ0n) is 9.74. The largest absolute Gasteiger partial charge is 0.338 e. The maximum Gasteiger partial charge on any atom is 0.280 e. The van der Waals surface area contributed by atoms with Crippen LogP contribution < -0.4 is 5.32 Å². The van der Waals surface area contributed by atoms with Gasteiger partial charge in [0.1, 0.15) is 0 Å². The number of nitrogens with two attached hydrogens (primary N) is 1. The minimum Gasteiger partial charge on any atom is -0.338 e. The van der Waals surface area contributed by atoms with E-state index in [1.54, 1.807) is 0 Å². The molecule has 0 saturated carbocycles. The first-order valence-electron chi connectivity index (χ1n) is 6.39. The lowest BCUT2D eigenvalue weighted by Crippen LogP contribution is -2.94. The van der Waals surface area contributed by atoms with Gasteiger partial charge in [-0.2, -0.15) is 0 Å². The van der Waals surface area contributed by atoms with Gasteiger partial charge in [0.2, 0.25) is 0 Å². The minimum atomic E-state index is 0.243. The summed E-state index contributed by atoms with van der Waals surface area (Å²) < 4.78 is 0. The van der Waals surface area contributed by atoms with Crippen LogP contribution in [0, 0.1) is 5.92 Å². The fourth-order valence-electron chi connectivity index (χ4n) is 2.63. The molecule has 0 aliphatic carbocycles. The van der Waals surface area contributed by atoms with Crippen LogP contribution in [0.3, 0.4) is 0 Å². The molecule has 2 N–H and O–H groups in total. The first-order valence-corrected chi connectivity index (χ1v) is 6.39. The van der Waals surface area contributed by atoms with Crippen LogP contribution in [-0.4, -0.2) is 36.5 Å². The first kappa shape index (κ1) is 10.9. The second-order valence-electron chi connectivity index (χ2n) is 5.13. The minimum absolute atomic E-state index is 0.243. The predicted molar refractivity (Wildman–Crippen MR) is 59.4 cm³/mol. The number of nitrogens with zero attached hydrogens (tertiary/aromatic N) is 1. The number of quaternary nitrogens is 1. The summed E-state index contributed by atoms with van der Waals surface area (Å²) in [5.74, 6) is 1.21. The monoisotopic (exact) mass is 211 g/mol. The lowest BCUT2D eigenvalue weighted by atomic mass is 9.97. The Hall–Kier alpha value is -0.570. The third kappa shape index (κ3) is 2.71. The molecule has 2 rings (SSSR count). The van der Waals surface area contributed by atoms with E-state index in [9.17, 15) is 4.79 Å². The summed E-state index contributed by atoms with van der Waals surface area (Å²) in [6.45, 7) is 5.41. The molecule has 2 fully saturated rings. The SMILES string of the molecule is CC1CCN(C(=O)[C@@H]2CCCC[NH2+]2)CC1. The fraction of sp³-hybridized carbons (Fsp3) is 0.917. The first-order chi connectivity index (χ1) is 7.27. The van der Waals surface area contributed by atoms with Gasteiger partial charge in [-0.1, -0.05) is 6.92 Å². The smallest absolute Gasteiger partial charge is 0.280 e. The van der Waals surface area contributed by atoms with Crippen LogP contribution in [0.2, 0.25) is 0 Å². The molecule has 1 amide bonds. The molecule has 3 nitrogen and oxygen atoms in total. The van der Waals surface area contributed by atoms with Crippen LogP contribution in [0.5, 0.6) is 0 Å². The Morgan fingerprint density at radius 2 is 1.93 bits per heavy atom. The highest BCUT2D eigenvalue weighted by Crippen LogP contribution is 2.17. The summed E-state index contributed by atoms with van der Waals surface area (Å²) in [6, 6.07) is 0.243. The molecule has 0 unspecified atom stereocenters. The normalized spacial score (nSPS) is 29.1. The highest BCUT2D eigenvalue weighted by atomic mass is 16.2. The Labute approximate surface area is 92.2 Å². The lowest BCUT2D eigenvalue weighted by Gasteiger charge is -2.33. The van der Waals surface area contributed by atoms with Crippen molar-refractivity contribution >= 4 is 5.91 Å². The second-order valence-corrected chi connectivity index (χ2v) is 5.13. The van der Waals surface area contributed by atoms with Crippen molar-refractivity contribution in [1.29, 1.82) is 0 Å². The van der Waals surface area contributed by atoms with Crippen molar-refractivity contribution in [3.05, 3.63) is 0 Å². The van der Waals surface area contributed by atoms with Crippen molar-refractivity contribution in [2.24, 2.45) is 5.92 Å². The van der Waals surface area contributed by atoms with Gasteiger partial charge in [0.05, 0.1) is 6.54 Å². The summed E-state index contributed by atoms with van der Waals surface area (Å²) in [5.41, 5.74) is 0. The van der Waals surface area contributed by atoms with Crippen LogP contribution >= 0.6 is 0 Å². The van der Waals surface area contributed by atoms with E-state index in [0.29, 0.717) is 5.91 Å². The molecule has 1 atom stereocenters. The van der Waals surface area contributed by atoms with E-state index in [-0.39, 0.29) is 6.04 Å². The molecular formula is C12H23N2O+. The van der Waals surface area contributed by atoms with E-state index < -0.39 is 0 Å². The topological polar surface area (TPSA) is 36.9 Å². The molecule has 0 aromatic rings. The molecule has 0 radical (unpaired) electrons. The van der Waals surface area contributed by atoms with Crippen LogP contribution in [0.15, 0.2) is 0 Å². The maximum absolute atomic E-state index is 12.2. The summed E-state index contributed by atoms with van der Waals surface area (Å²) in [4.78, 5) is 14.2. The number of hydrogen-bond acceptors (Lipinski definition) is 1. The number of hydrogen-bond donors (Lipinski definition) is 1. The molecule has 0 spiro atoms. The highest BCUT2D eigenvalue weighted by Gasteiger charge is 2.30. The van der Waals surface area contributed by atoms with Gasteiger partial charge in [0.25, 0.3) is 5.91 Å². The molecule has 0 aromatic carbocycles. The number of carbonyl (C=O) groups excluding carboxylic acids is 1. The van der Waals surface area contributed by atoms with Crippen LogP contribution in [0.1, 0.15) is 39.0 Å². The quantitative estimate of drug-likeness (QED) is 0.668. The number of likely N-dealkylation sites (tertiary alicyclic amines) is 1. The molecule has 86 valence electrons. The van der Waals surface area contributed by atoms with Gasteiger partial charge in [-0.15, -0.1) is 0 Å². The number of rotatable bonds is 1. The molecule has 2 saturated heterocycles. The Kier molecular flexibility index (Phi) is 3.62.